The van der Waals surface area contributed by atoms with Crippen LogP contribution >= 0.6 is 0 Å². The maximum Gasteiger partial charge on any atom is 0.243 e. The summed E-state index contributed by atoms with van der Waals surface area (Å²) in [5.41, 5.74) is 1.93. The number of amides is 2. The van der Waals surface area contributed by atoms with E-state index in [1.165, 1.54) is 19.8 Å². The number of ether oxygens (including phenoxy) is 1. The Hall–Kier alpha value is -1.88. The lowest BCUT2D eigenvalue weighted by Crippen LogP contribution is -2.54. The predicted molar refractivity (Wildman–Crippen MR) is 105 cm³/mol. The molecule has 1 aromatic carbocycles. The van der Waals surface area contributed by atoms with E-state index in [0.29, 0.717) is 12.5 Å². The number of para-hydroxylation sites is 1. The Labute approximate surface area is 161 Å². The smallest absolute Gasteiger partial charge is 0.243 e. The first-order chi connectivity index (χ1) is 13.1. The van der Waals surface area contributed by atoms with Gasteiger partial charge in [0.2, 0.25) is 11.8 Å². The third-order valence-electron chi connectivity index (χ3n) is 6.32. The van der Waals surface area contributed by atoms with Gasteiger partial charge in [-0.1, -0.05) is 43.9 Å². The molecule has 5 heteroatoms. The van der Waals surface area contributed by atoms with Crippen molar-refractivity contribution in [3.63, 3.8) is 0 Å². The summed E-state index contributed by atoms with van der Waals surface area (Å²) in [5, 5.41) is 3.25. The van der Waals surface area contributed by atoms with Gasteiger partial charge in [-0.2, -0.15) is 0 Å². The molecule has 3 aliphatic rings. The Morgan fingerprint density at radius 3 is 2.52 bits per heavy atom. The van der Waals surface area contributed by atoms with Crippen molar-refractivity contribution < 1.29 is 14.3 Å². The molecule has 2 aliphatic carbocycles. The van der Waals surface area contributed by atoms with Crippen molar-refractivity contribution in [3.8, 4) is 0 Å². The zero-order valence-electron chi connectivity index (χ0n) is 16.2. The molecule has 0 spiro atoms. The topological polar surface area (TPSA) is 58.6 Å². The van der Waals surface area contributed by atoms with Crippen LogP contribution in [0.4, 0.5) is 5.69 Å². The summed E-state index contributed by atoms with van der Waals surface area (Å²) >= 11 is 0. The molecule has 2 amide bonds. The van der Waals surface area contributed by atoms with Crippen LogP contribution in [-0.4, -0.2) is 36.1 Å². The Morgan fingerprint density at radius 2 is 1.74 bits per heavy atom. The SMILES string of the molecule is CC(=O)N1c2ccccc2C[C@H]1C(=O)N[C@@H]1CCCC[C@H]1OC1CCCC1. The highest BCUT2D eigenvalue weighted by Crippen LogP contribution is 2.33. The molecule has 4 rings (SSSR count). The van der Waals surface area contributed by atoms with Crippen molar-refractivity contribution in [2.75, 3.05) is 4.90 Å². The van der Waals surface area contributed by atoms with Gasteiger partial charge in [0.25, 0.3) is 0 Å². The van der Waals surface area contributed by atoms with E-state index in [1.807, 2.05) is 24.3 Å². The standard InChI is InChI=1S/C22H30N2O3/c1-15(25)24-19-12-6-2-8-16(19)14-20(24)22(26)23-18-11-5-7-13-21(18)27-17-9-3-4-10-17/h2,6,8,12,17-18,20-21H,3-5,7,9-11,13-14H2,1H3,(H,23,26)/t18-,20+,21-/m1/s1. The summed E-state index contributed by atoms with van der Waals surface area (Å²) in [6.07, 6.45) is 10.1. The van der Waals surface area contributed by atoms with Crippen molar-refractivity contribution in [2.24, 2.45) is 0 Å². The number of hydrogen-bond acceptors (Lipinski definition) is 3. The quantitative estimate of drug-likeness (QED) is 0.884. The number of rotatable bonds is 4. The molecular weight excluding hydrogens is 340 g/mol. The van der Waals surface area contributed by atoms with Gasteiger partial charge in [-0.3, -0.25) is 14.5 Å². The molecule has 0 radical (unpaired) electrons. The van der Waals surface area contributed by atoms with Crippen LogP contribution in [0, 0.1) is 0 Å². The van der Waals surface area contributed by atoms with E-state index in [2.05, 4.69) is 5.32 Å². The predicted octanol–water partition coefficient (Wildman–Crippen LogP) is 3.35. The van der Waals surface area contributed by atoms with Crippen molar-refractivity contribution in [3.05, 3.63) is 29.8 Å². The number of nitrogens with zero attached hydrogens (tertiary/aromatic N) is 1. The maximum atomic E-state index is 13.1. The first-order valence-electron chi connectivity index (χ1n) is 10.5. The second kappa shape index (κ2) is 8.01. The van der Waals surface area contributed by atoms with Gasteiger partial charge in [0.1, 0.15) is 6.04 Å². The van der Waals surface area contributed by atoms with E-state index in [4.69, 9.17) is 4.74 Å². The Kier molecular flexibility index (Phi) is 5.48. The van der Waals surface area contributed by atoms with Crippen LogP contribution in [0.3, 0.4) is 0 Å². The van der Waals surface area contributed by atoms with E-state index in [1.54, 1.807) is 4.90 Å². The van der Waals surface area contributed by atoms with Crippen molar-refractivity contribution in [1.29, 1.82) is 0 Å². The largest absolute Gasteiger partial charge is 0.373 e. The molecule has 2 fully saturated rings. The highest BCUT2D eigenvalue weighted by Gasteiger charge is 2.39. The van der Waals surface area contributed by atoms with Gasteiger partial charge in [0, 0.05) is 19.0 Å². The number of nitrogens with one attached hydrogen (secondary N) is 1. The summed E-state index contributed by atoms with van der Waals surface area (Å²) in [7, 11) is 0. The van der Waals surface area contributed by atoms with Crippen LogP contribution < -0.4 is 10.2 Å². The second-order valence-corrected chi connectivity index (χ2v) is 8.22. The highest BCUT2D eigenvalue weighted by molar-refractivity contribution is 6.02. The average Bonchev–Trinajstić information content (AvgIpc) is 3.30. The van der Waals surface area contributed by atoms with E-state index in [9.17, 15) is 9.59 Å². The Morgan fingerprint density at radius 1 is 1.04 bits per heavy atom. The van der Waals surface area contributed by atoms with Crippen molar-refractivity contribution in [2.45, 2.75) is 89.0 Å². The molecule has 0 aromatic heterocycles. The highest BCUT2D eigenvalue weighted by atomic mass is 16.5. The summed E-state index contributed by atoms with van der Waals surface area (Å²) in [6, 6.07) is 7.42. The van der Waals surface area contributed by atoms with Gasteiger partial charge >= 0.3 is 0 Å². The molecule has 0 bridgehead atoms. The summed E-state index contributed by atoms with van der Waals surface area (Å²) in [4.78, 5) is 27.0. The molecule has 1 heterocycles. The van der Waals surface area contributed by atoms with Gasteiger partial charge < -0.3 is 10.1 Å². The number of anilines is 1. The zero-order chi connectivity index (χ0) is 18.8. The van der Waals surface area contributed by atoms with E-state index >= 15 is 0 Å². The fourth-order valence-electron chi connectivity index (χ4n) is 4.96. The molecule has 1 aliphatic heterocycles. The molecule has 5 nitrogen and oxygen atoms in total. The van der Waals surface area contributed by atoms with Crippen LogP contribution in [-0.2, 0) is 20.7 Å². The first kappa shape index (κ1) is 18.5. The zero-order valence-corrected chi connectivity index (χ0v) is 16.2. The van der Waals surface area contributed by atoms with Crippen molar-refractivity contribution >= 4 is 17.5 Å². The third-order valence-corrected chi connectivity index (χ3v) is 6.32. The lowest BCUT2D eigenvalue weighted by atomic mass is 9.91. The Balaban J connectivity index is 1.45. The van der Waals surface area contributed by atoms with Gasteiger partial charge in [0.05, 0.1) is 18.2 Å². The Bertz CT molecular complexity index is 699. The second-order valence-electron chi connectivity index (χ2n) is 8.22. The van der Waals surface area contributed by atoms with Gasteiger partial charge in [-0.15, -0.1) is 0 Å². The lowest BCUT2D eigenvalue weighted by Gasteiger charge is -2.35. The number of hydrogen-bond donors (Lipinski definition) is 1. The molecule has 146 valence electrons. The minimum Gasteiger partial charge on any atom is -0.373 e. The van der Waals surface area contributed by atoms with Crippen LogP contribution in [0.15, 0.2) is 24.3 Å². The van der Waals surface area contributed by atoms with Crippen LogP contribution in [0.5, 0.6) is 0 Å². The number of carbonyl (C=O) groups excluding carboxylic acids is 2. The van der Waals surface area contributed by atoms with Crippen molar-refractivity contribution in [1.82, 2.24) is 5.32 Å². The minimum absolute atomic E-state index is 0.0479. The molecule has 2 saturated carbocycles. The lowest BCUT2D eigenvalue weighted by molar-refractivity contribution is -0.128. The van der Waals surface area contributed by atoms with Gasteiger partial charge in [-0.05, 0) is 37.3 Å². The summed E-state index contributed by atoms with van der Waals surface area (Å²) in [5.74, 6) is -0.129. The fraction of sp³-hybridized carbons (Fsp3) is 0.636. The van der Waals surface area contributed by atoms with Crippen LogP contribution in [0.25, 0.3) is 0 Å². The van der Waals surface area contributed by atoms with E-state index in [0.717, 1.165) is 49.8 Å². The number of benzene rings is 1. The summed E-state index contributed by atoms with van der Waals surface area (Å²) < 4.78 is 6.37. The van der Waals surface area contributed by atoms with Gasteiger partial charge in [0.15, 0.2) is 0 Å². The molecule has 3 atom stereocenters. The van der Waals surface area contributed by atoms with Gasteiger partial charge in [-0.25, -0.2) is 0 Å². The molecular formula is C22H30N2O3. The number of carbonyl (C=O) groups is 2. The molecule has 27 heavy (non-hydrogen) atoms. The third kappa shape index (κ3) is 3.88. The first-order valence-corrected chi connectivity index (χ1v) is 10.5. The van der Waals surface area contributed by atoms with Crippen LogP contribution in [0.1, 0.15) is 63.9 Å². The van der Waals surface area contributed by atoms with Crippen LogP contribution in [0.2, 0.25) is 0 Å². The summed E-state index contributed by atoms with van der Waals surface area (Å²) in [6.45, 7) is 1.54. The molecule has 0 unspecified atom stereocenters. The molecule has 0 saturated heterocycles. The monoisotopic (exact) mass is 370 g/mol. The van der Waals surface area contributed by atoms with E-state index < -0.39 is 6.04 Å². The maximum absolute atomic E-state index is 13.1. The van der Waals surface area contributed by atoms with E-state index in [-0.39, 0.29) is 24.0 Å². The minimum atomic E-state index is -0.450. The molecule has 1 aromatic rings. The normalized spacial score (nSPS) is 28.2. The average molecular weight is 370 g/mol. The fourth-order valence-corrected chi connectivity index (χ4v) is 4.96. The number of fused-ring (bicyclic) bond motifs is 1. The molecule has 1 N–H and O–H groups in total.